The van der Waals surface area contributed by atoms with Crippen molar-refractivity contribution in [2.45, 2.75) is 38.5 Å². The number of imidazole rings is 1. The average Bonchev–Trinajstić information content (AvgIpc) is 3.32. The summed E-state index contributed by atoms with van der Waals surface area (Å²) in [6.07, 6.45) is 5.63. The van der Waals surface area contributed by atoms with Crippen LogP contribution in [0.1, 0.15) is 30.3 Å². The third kappa shape index (κ3) is 5.92. The molecule has 0 bridgehead atoms. The van der Waals surface area contributed by atoms with Gasteiger partial charge in [0.25, 0.3) is 0 Å². The van der Waals surface area contributed by atoms with Gasteiger partial charge in [0.15, 0.2) is 17.0 Å². The van der Waals surface area contributed by atoms with Crippen LogP contribution in [0.5, 0.6) is 0 Å². The third-order valence-electron chi connectivity index (χ3n) is 7.39. The number of benzene rings is 2. The fourth-order valence-corrected chi connectivity index (χ4v) is 5.51. The molecule has 2 aromatic carbocycles. The average molecular weight is 552 g/mol. The number of halogens is 1. The fourth-order valence-electron chi connectivity index (χ4n) is 5.11. The Kier molecular flexibility index (Phi) is 9.52. The van der Waals surface area contributed by atoms with Gasteiger partial charge in [0.1, 0.15) is 12.2 Å². The molecule has 4 aromatic rings. The highest BCUT2D eigenvalue weighted by atomic mass is 35.5. The molecule has 38 heavy (non-hydrogen) atoms. The van der Waals surface area contributed by atoms with Gasteiger partial charge >= 0.3 is 0 Å². The van der Waals surface area contributed by atoms with E-state index in [1.165, 1.54) is 21.7 Å². The lowest BCUT2D eigenvalue weighted by Crippen LogP contribution is -2.47. The normalized spacial score (nSPS) is 14.1. The molecule has 1 N–H and O–H groups in total. The minimum absolute atomic E-state index is 0. The zero-order valence-corrected chi connectivity index (χ0v) is 24.4. The van der Waals surface area contributed by atoms with Gasteiger partial charge in [0.2, 0.25) is 0 Å². The van der Waals surface area contributed by atoms with Crippen molar-refractivity contribution in [2.24, 2.45) is 0 Å². The first kappa shape index (κ1) is 28.2. The molecule has 5 rings (SSSR count). The number of hydrogen-bond acceptors (Lipinski definition) is 7. The van der Waals surface area contributed by atoms with Crippen molar-refractivity contribution >= 4 is 46.8 Å². The minimum atomic E-state index is 0. The molecule has 0 radical (unpaired) electrons. The Bertz CT molecular complexity index is 1350. The van der Waals surface area contributed by atoms with Gasteiger partial charge in [-0.2, -0.15) is 0 Å². The summed E-state index contributed by atoms with van der Waals surface area (Å²) in [5, 5.41) is 3.54. The lowest BCUT2D eigenvalue weighted by atomic mass is 10.1. The Balaban J connectivity index is 0.00000336. The monoisotopic (exact) mass is 551 g/mol. The van der Waals surface area contributed by atoms with Crippen LogP contribution in [0.3, 0.4) is 0 Å². The van der Waals surface area contributed by atoms with Crippen LogP contribution in [0.4, 0.5) is 11.5 Å². The lowest BCUT2D eigenvalue weighted by Gasteiger charge is -2.37. The van der Waals surface area contributed by atoms with E-state index >= 15 is 0 Å². The maximum Gasteiger partial charge on any atom is 0.170 e. The summed E-state index contributed by atoms with van der Waals surface area (Å²) < 4.78 is 2.15. The predicted molar refractivity (Wildman–Crippen MR) is 163 cm³/mol. The fraction of sp³-hybridized carbons (Fsp3) is 0.414. The number of thioether (sulfide) groups is 1. The van der Waals surface area contributed by atoms with Gasteiger partial charge in [-0.25, -0.2) is 15.0 Å². The second-order valence-electron chi connectivity index (χ2n) is 9.64. The van der Waals surface area contributed by atoms with Crippen molar-refractivity contribution in [3.8, 4) is 5.69 Å². The van der Waals surface area contributed by atoms with Gasteiger partial charge in [0.05, 0.1) is 0 Å². The summed E-state index contributed by atoms with van der Waals surface area (Å²) in [5.74, 6) is 1.82. The van der Waals surface area contributed by atoms with E-state index in [0.717, 1.165) is 80.6 Å². The molecule has 0 amide bonds. The number of hydrogen-bond donors (Lipinski definition) is 1. The summed E-state index contributed by atoms with van der Waals surface area (Å²) in [6, 6.07) is 15.2. The van der Waals surface area contributed by atoms with E-state index in [0.29, 0.717) is 0 Å². The number of rotatable bonds is 9. The van der Waals surface area contributed by atoms with Crippen LogP contribution in [0.25, 0.3) is 16.9 Å². The Hall–Kier alpha value is -2.81. The molecule has 3 heterocycles. The van der Waals surface area contributed by atoms with Crippen LogP contribution < -0.4 is 10.2 Å². The van der Waals surface area contributed by atoms with Crippen LogP contribution >= 0.6 is 24.2 Å². The number of fused-ring (bicyclic) bond motifs is 1. The molecule has 0 unspecified atom stereocenters. The number of nitrogens with zero attached hydrogens (tertiary/aromatic N) is 6. The Morgan fingerprint density at radius 3 is 2.45 bits per heavy atom. The zero-order chi connectivity index (χ0) is 25.8. The number of aromatic nitrogens is 4. The van der Waals surface area contributed by atoms with E-state index in [1.54, 1.807) is 18.1 Å². The highest BCUT2D eigenvalue weighted by Crippen LogP contribution is 2.26. The maximum absolute atomic E-state index is 4.92. The van der Waals surface area contributed by atoms with Crippen LogP contribution in [0.15, 0.2) is 53.7 Å². The Labute approximate surface area is 236 Å². The van der Waals surface area contributed by atoms with E-state index in [4.69, 9.17) is 4.98 Å². The van der Waals surface area contributed by atoms with Gasteiger partial charge in [0, 0.05) is 55.4 Å². The Morgan fingerprint density at radius 1 is 0.974 bits per heavy atom. The minimum Gasteiger partial charge on any atom is -0.369 e. The van der Waals surface area contributed by atoms with Gasteiger partial charge in [-0.15, -0.1) is 24.2 Å². The molecule has 1 aliphatic heterocycles. The molecule has 202 valence electrons. The van der Waals surface area contributed by atoms with E-state index in [1.807, 2.05) is 0 Å². The smallest absolute Gasteiger partial charge is 0.170 e. The highest BCUT2D eigenvalue weighted by molar-refractivity contribution is 7.98. The van der Waals surface area contributed by atoms with E-state index in [9.17, 15) is 0 Å². The summed E-state index contributed by atoms with van der Waals surface area (Å²) in [4.78, 5) is 20.4. The first-order valence-electron chi connectivity index (χ1n) is 13.2. The van der Waals surface area contributed by atoms with Crippen molar-refractivity contribution < 1.29 is 0 Å². The lowest BCUT2D eigenvalue weighted by molar-refractivity contribution is 0.257. The molecule has 1 saturated heterocycles. The number of anilines is 2. The van der Waals surface area contributed by atoms with E-state index in [2.05, 4.69) is 99.1 Å². The summed E-state index contributed by atoms with van der Waals surface area (Å²) in [6.45, 7) is 12.9. The summed E-state index contributed by atoms with van der Waals surface area (Å²) >= 11 is 1.75. The summed E-state index contributed by atoms with van der Waals surface area (Å²) in [7, 11) is 0. The quantitative estimate of drug-likeness (QED) is 0.209. The first-order chi connectivity index (χ1) is 18.1. The Morgan fingerprint density at radius 2 is 1.74 bits per heavy atom. The third-order valence-corrected chi connectivity index (χ3v) is 8.14. The zero-order valence-electron chi connectivity index (χ0n) is 22.8. The molecule has 2 aromatic heterocycles. The van der Waals surface area contributed by atoms with Crippen molar-refractivity contribution in [3.05, 3.63) is 65.7 Å². The highest BCUT2D eigenvalue weighted by Gasteiger charge is 2.19. The number of piperazine rings is 1. The molecule has 9 heteroatoms. The molecule has 1 aliphatic rings. The van der Waals surface area contributed by atoms with Crippen molar-refractivity contribution in [1.82, 2.24) is 24.4 Å². The van der Waals surface area contributed by atoms with Crippen molar-refractivity contribution in [2.75, 3.05) is 55.7 Å². The first-order valence-corrected chi connectivity index (χ1v) is 14.5. The van der Waals surface area contributed by atoms with Crippen LogP contribution in [-0.2, 0) is 6.42 Å². The largest absolute Gasteiger partial charge is 0.369 e. The SMILES string of the molecule is CCc1nc2c(NCCCN3CCN(c4cccc(C)c4C)CC3)ncnc2n1-c1ccc(SC)cc1.Cl. The van der Waals surface area contributed by atoms with Crippen LogP contribution in [0.2, 0.25) is 0 Å². The predicted octanol–water partition coefficient (Wildman–Crippen LogP) is 5.76. The van der Waals surface area contributed by atoms with Crippen molar-refractivity contribution in [3.63, 3.8) is 0 Å². The molecular formula is C29H38ClN7S. The van der Waals surface area contributed by atoms with E-state index in [-0.39, 0.29) is 12.4 Å². The van der Waals surface area contributed by atoms with E-state index < -0.39 is 0 Å². The molecule has 0 saturated carbocycles. The van der Waals surface area contributed by atoms with Crippen molar-refractivity contribution in [1.29, 1.82) is 0 Å². The van der Waals surface area contributed by atoms with Gasteiger partial charge in [-0.3, -0.25) is 9.47 Å². The molecular weight excluding hydrogens is 514 g/mol. The van der Waals surface area contributed by atoms with Crippen LogP contribution in [0, 0.1) is 13.8 Å². The molecule has 7 nitrogen and oxygen atoms in total. The molecule has 1 fully saturated rings. The number of nitrogens with one attached hydrogen (secondary N) is 1. The number of aryl methyl sites for hydroxylation is 2. The van der Waals surface area contributed by atoms with Gasteiger partial charge < -0.3 is 10.2 Å². The standard InChI is InChI=1S/C29H37N7S.ClH/c1-5-26-33-27-28(31-20-32-29(27)36(26)23-10-12-24(37-4)13-11-23)30-14-7-15-34-16-18-35(19-17-34)25-9-6-8-21(2)22(25)3;/h6,8-13,20H,5,7,14-19H2,1-4H3,(H,30,31,32);1H. The molecule has 0 spiro atoms. The molecule has 0 atom stereocenters. The van der Waals surface area contributed by atoms with Crippen LogP contribution in [-0.4, -0.2) is 69.9 Å². The second kappa shape index (κ2) is 12.8. The molecule has 0 aliphatic carbocycles. The summed E-state index contributed by atoms with van der Waals surface area (Å²) in [5.41, 5.74) is 6.95. The van der Waals surface area contributed by atoms with Gasteiger partial charge in [-0.05, 0) is 74.5 Å². The topological polar surface area (TPSA) is 62.1 Å². The second-order valence-corrected chi connectivity index (χ2v) is 10.5. The van der Waals surface area contributed by atoms with Gasteiger partial charge in [-0.1, -0.05) is 19.1 Å². The maximum atomic E-state index is 4.92.